The molecule has 22 heavy (non-hydrogen) atoms. The zero-order valence-electron chi connectivity index (χ0n) is 13.5. The van der Waals surface area contributed by atoms with Gasteiger partial charge in [0.1, 0.15) is 0 Å². The lowest BCUT2D eigenvalue weighted by Gasteiger charge is -2.19. The number of nitrogens with zero attached hydrogens (tertiary/aromatic N) is 3. The molecule has 0 aliphatic heterocycles. The van der Waals surface area contributed by atoms with Crippen molar-refractivity contribution in [3.63, 3.8) is 0 Å². The van der Waals surface area contributed by atoms with Crippen LogP contribution in [0.15, 0.2) is 48.5 Å². The Kier molecular flexibility index (Phi) is 4.90. The summed E-state index contributed by atoms with van der Waals surface area (Å²) >= 11 is 0. The molecule has 0 amide bonds. The monoisotopic (exact) mass is 294 g/mol. The zero-order valence-corrected chi connectivity index (χ0v) is 13.5. The number of nitriles is 1. The van der Waals surface area contributed by atoms with Crippen LogP contribution in [0.25, 0.3) is 0 Å². The molecule has 0 bridgehead atoms. The lowest BCUT2D eigenvalue weighted by molar-refractivity contribution is 0.740. The van der Waals surface area contributed by atoms with E-state index >= 15 is 0 Å². The molecule has 1 N–H and O–H groups in total. The van der Waals surface area contributed by atoms with Gasteiger partial charge in [0.25, 0.3) is 0 Å². The molecular formula is C18H22N4. The average Bonchev–Trinajstić information content (AvgIpc) is 2.53. The Morgan fingerprint density at radius 1 is 0.773 bits per heavy atom. The number of anilines is 2. The number of nitrogens with one attached hydrogen (secondary N) is 1. The zero-order chi connectivity index (χ0) is 16.1. The third-order valence-electron chi connectivity index (χ3n) is 3.69. The van der Waals surface area contributed by atoms with E-state index in [1.54, 1.807) is 0 Å². The summed E-state index contributed by atoms with van der Waals surface area (Å²) in [5.41, 5.74) is 4.43. The van der Waals surface area contributed by atoms with E-state index in [1.165, 1.54) is 0 Å². The highest BCUT2D eigenvalue weighted by Crippen LogP contribution is 2.25. The molecule has 4 heteroatoms. The standard InChI is InChI=1S/C18H22N4/c1-21(2)16-9-5-14(6-10-16)18(20-13-19)15-7-11-17(12-8-15)22(3)4/h5-12,18,20H,1-4H3. The molecule has 2 aromatic carbocycles. The molecule has 0 aliphatic rings. The van der Waals surface area contributed by atoms with Gasteiger partial charge in [-0.1, -0.05) is 24.3 Å². The second-order valence-electron chi connectivity index (χ2n) is 5.66. The summed E-state index contributed by atoms with van der Waals surface area (Å²) in [4.78, 5) is 4.12. The van der Waals surface area contributed by atoms with Crippen LogP contribution in [0.1, 0.15) is 17.2 Å². The van der Waals surface area contributed by atoms with Crippen LogP contribution < -0.4 is 15.1 Å². The van der Waals surface area contributed by atoms with Gasteiger partial charge in [-0.05, 0) is 35.4 Å². The summed E-state index contributed by atoms with van der Waals surface area (Å²) in [6.45, 7) is 0. The van der Waals surface area contributed by atoms with Gasteiger partial charge in [-0.3, -0.25) is 0 Å². The molecule has 0 saturated carbocycles. The molecule has 2 aromatic rings. The van der Waals surface area contributed by atoms with Crippen molar-refractivity contribution in [1.82, 2.24) is 5.32 Å². The molecular weight excluding hydrogens is 272 g/mol. The summed E-state index contributed by atoms with van der Waals surface area (Å²) in [5.74, 6) is 0. The number of rotatable bonds is 5. The highest BCUT2D eigenvalue weighted by Gasteiger charge is 2.13. The van der Waals surface area contributed by atoms with Crippen molar-refractivity contribution in [2.75, 3.05) is 38.0 Å². The van der Waals surface area contributed by atoms with Crippen LogP contribution in [0.5, 0.6) is 0 Å². The summed E-state index contributed by atoms with van der Waals surface area (Å²) in [5, 5.41) is 12.0. The number of benzene rings is 2. The van der Waals surface area contributed by atoms with E-state index in [9.17, 15) is 0 Å². The molecule has 0 fully saturated rings. The Hall–Kier alpha value is -2.67. The SMILES string of the molecule is CN(C)c1ccc(C(NC#N)c2ccc(N(C)C)cc2)cc1. The first-order valence-electron chi connectivity index (χ1n) is 7.22. The normalized spacial score (nSPS) is 10.2. The topological polar surface area (TPSA) is 42.3 Å². The second kappa shape index (κ2) is 6.86. The number of hydrogen-bond acceptors (Lipinski definition) is 4. The van der Waals surface area contributed by atoms with Gasteiger partial charge in [0.15, 0.2) is 6.19 Å². The van der Waals surface area contributed by atoms with Crippen molar-refractivity contribution in [1.29, 1.82) is 5.26 Å². The molecule has 0 atom stereocenters. The molecule has 0 spiro atoms. The first-order valence-corrected chi connectivity index (χ1v) is 7.22. The maximum absolute atomic E-state index is 9.07. The minimum atomic E-state index is -0.127. The fraction of sp³-hybridized carbons (Fsp3) is 0.278. The highest BCUT2D eigenvalue weighted by atomic mass is 15.1. The first-order chi connectivity index (χ1) is 10.5. The van der Waals surface area contributed by atoms with Crippen molar-refractivity contribution in [3.8, 4) is 6.19 Å². The van der Waals surface area contributed by atoms with Gasteiger partial charge in [0.05, 0.1) is 6.04 Å². The van der Waals surface area contributed by atoms with Gasteiger partial charge in [0, 0.05) is 39.6 Å². The summed E-state index contributed by atoms with van der Waals surface area (Å²) in [7, 11) is 8.06. The smallest absolute Gasteiger partial charge is 0.177 e. The van der Waals surface area contributed by atoms with Gasteiger partial charge in [0.2, 0.25) is 0 Å². The molecule has 0 unspecified atom stereocenters. The molecule has 114 valence electrons. The van der Waals surface area contributed by atoms with Crippen LogP contribution in [0.2, 0.25) is 0 Å². The van der Waals surface area contributed by atoms with E-state index in [0.717, 1.165) is 22.5 Å². The van der Waals surface area contributed by atoms with E-state index in [4.69, 9.17) is 5.26 Å². The minimum absolute atomic E-state index is 0.127. The molecule has 0 aromatic heterocycles. The van der Waals surface area contributed by atoms with Gasteiger partial charge in [-0.25, -0.2) is 0 Å². The van der Waals surface area contributed by atoms with E-state index in [-0.39, 0.29) is 6.04 Å². The minimum Gasteiger partial charge on any atom is -0.378 e. The third-order valence-corrected chi connectivity index (χ3v) is 3.69. The summed E-state index contributed by atoms with van der Waals surface area (Å²) in [6.07, 6.45) is 2.07. The van der Waals surface area contributed by atoms with Crippen molar-refractivity contribution in [2.24, 2.45) is 0 Å². The molecule has 0 heterocycles. The molecule has 0 aliphatic carbocycles. The van der Waals surface area contributed by atoms with Crippen LogP contribution in [0.4, 0.5) is 11.4 Å². The molecule has 2 rings (SSSR count). The largest absolute Gasteiger partial charge is 0.378 e. The van der Waals surface area contributed by atoms with Gasteiger partial charge < -0.3 is 15.1 Å². The maximum Gasteiger partial charge on any atom is 0.177 e. The fourth-order valence-corrected chi connectivity index (χ4v) is 2.35. The van der Waals surface area contributed by atoms with E-state index in [0.29, 0.717) is 0 Å². The van der Waals surface area contributed by atoms with E-state index in [2.05, 4.69) is 69.8 Å². The predicted octanol–water partition coefficient (Wildman–Crippen LogP) is 2.98. The predicted molar refractivity (Wildman–Crippen MR) is 92.1 cm³/mol. The maximum atomic E-state index is 9.07. The first kappa shape index (κ1) is 15.7. The quantitative estimate of drug-likeness (QED) is 0.680. The second-order valence-corrected chi connectivity index (χ2v) is 5.66. The Bertz CT molecular complexity index is 585. The average molecular weight is 294 g/mol. The van der Waals surface area contributed by atoms with Gasteiger partial charge in [-0.15, -0.1) is 0 Å². The van der Waals surface area contributed by atoms with Crippen LogP contribution >= 0.6 is 0 Å². The van der Waals surface area contributed by atoms with Crippen molar-refractivity contribution >= 4 is 11.4 Å². The molecule has 0 radical (unpaired) electrons. The van der Waals surface area contributed by atoms with Crippen molar-refractivity contribution in [2.45, 2.75) is 6.04 Å². The van der Waals surface area contributed by atoms with Crippen LogP contribution in [-0.2, 0) is 0 Å². The Morgan fingerprint density at radius 2 is 1.14 bits per heavy atom. The van der Waals surface area contributed by atoms with E-state index in [1.807, 2.05) is 28.2 Å². The highest BCUT2D eigenvalue weighted by molar-refractivity contribution is 5.50. The Labute approximate surface area is 132 Å². The van der Waals surface area contributed by atoms with Gasteiger partial charge >= 0.3 is 0 Å². The summed E-state index contributed by atoms with van der Waals surface area (Å²) < 4.78 is 0. The Balaban J connectivity index is 2.31. The lowest BCUT2D eigenvalue weighted by Crippen LogP contribution is -2.18. The summed E-state index contributed by atoms with van der Waals surface area (Å²) in [6, 6.07) is 16.4. The van der Waals surface area contributed by atoms with Crippen LogP contribution in [-0.4, -0.2) is 28.2 Å². The fourth-order valence-electron chi connectivity index (χ4n) is 2.35. The lowest BCUT2D eigenvalue weighted by atomic mass is 9.98. The molecule has 4 nitrogen and oxygen atoms in total. The number of hydrogen-bond donors (Lipinski definition) is 1. The van der Waals surface area contributed by atoms with Crippen molar-refractivity contribution < 1.29 is 0 Å². The van der Waals surface area contributed by atoms with Gasteiger partial charge in [-0.2, -0.15) is 5.26 Å². The molecule has 0 saturated heterocycles. The third kappa shape index (κ3) is 3.50. The van der Waals surface area contributed by atoms with Crippen molar-refractivity contribution in [3.05, 3.63) is 59.7 Å². The van der Waals surface area contributed by atoms with Crippen LogP contribution in [0, 0.1) is 11.5 Å². The Morgan fingerprint density at radius 3 is 1.41 bits per heavy atom. The van der Waals surface area contributed by atoms with Crippen LogP contribution in [0.3, 0.4) is 0 Å². The van der Waals surface area contributed by atoms with E-state index < -0.39 is 0 Å².